The van der Waals surface area contributed by atoms with E-state index in [9.17, 15) is 4.79 Å². The van der Waals surface area contributed by atoms with Crippen LogP contribution in [0.4, 0.5) is 0 Å². The number of fused-ring (bicyclic) bond motifs is 3. The second kappa shape index (κ2) is 5.31. The lowest BCUT2D eigenvalue weighted by molar-refractivity contribution is 0.823. The van der Waals surface area contributed by atoms with E-state index in [4.69, 9.17) is 0 Å². The lowest BCUT2D eigenvalue weighted by Crippen LogP contribution is -2.22. The van der Waals surface area contributed by atoms with Gasteiger partial charge in [-0.1, -0.05) is 25.1 Å². The SMILES string of the molecule is CCCc1nnc2n(-c3ccccn3)c(=O)c3ccccc3n12. The summed E-state index contributed by atoms with van der Waals surface area (Å²) in [5.41, 5.74) is 0.690. The molecule has 114 valence electrons. The molecule has 0 bridgehead atoms. The first kappa shape index (κ1) is 13.6. The molecule has 0 N–H and O–H groups in total. The number of pyridine rings is 1. The summed E-state index contributed by atoms with van der Waals surface area (Å²) in [6.07, 6.45) is 3.42. The summed E-state index contributed by atoms with van der Waals surface area (Å²) in [7, 11) is 0. The van der Waals surface area contributed by atoms with Crippen LogP contribution in [-0.4, -0.2) is 24.1 Å². The zero-order chi connectivity index (χ0) is 15.8. The standard InChI is InChI=1S/C17H15N5O/c1-2-7-15-19-20-17-21(15)13-9-4-3-8-12(13)16(23)22(17)14-10-5-6-11-18-14/h3-6,8-11H,2,7H2,1H3. The highest BCUT2D eigenvalue weighted by molar-refractivity contribution is 5.81. The van der Waals surface area contributed by atoms with Gasteiger partial charge in [0, 0.05) is 12.6 Å². The molecule has 3 heterocycles. The van der Waals surface area contributed by atoms with E-state index < -0.39 is 0 Å². The van der Waals surface area contributed by atoms with Crippen molar-refractivity contribution in [3.05, 3.63) is 64.8 Å². The van der Waals surface area contributed by atoms with E-state index in [1.807, 2.05) is 40.8 Å². The van der Waals surface area contributed by atoms with Crippen molar-refractivity contribution in [3.8, 4) is 5.82 Å². The molecule has 0 unspecified atom stereocenters. The minimum atomic E-state index is -0.137. The fourth-order valence-electron chi connectivity index (χ4n) is 2.84. The minimum Gasteiger partial charge on any atom is -0.268 e. The Kier molecular flexibility index (Phi) is 3.15. The van der Waals surface area contributed by atoms with Gasteiger partial charge in [0.1, 0.15) is 11.6 Å². The Morgan fingerprint density at radius 2 is 1.87 bits per heavy atom. The van der Waals surface area contributed by atoms with Gasteiger partial charge in [-0.15, -0.1) is 10.2 Å². The number of rotatable bonds is 3. The van der Waals surface area contributed by atoms with Crippen LogP contribution in [0.2, 0.25) is 0 Å². The minimum absolute atomic E-state index is 0.137. The first-order valence-electron chi connectivity index (χ1n) is 7.60. The summed E-state index contributed by atoms with van der Waals surface area (Å²) in [4.78, 5) is 17.3. The van der Waals surface area contributed by atoms with Crippen LogP contribution in [0.3, 0.4) is 0 Å². The van der Waals surface area contributed by atoms with Crippen molar-refractivity contribution < 1.29 is 0 Å². The van der Waals surface area contributed by atoms with E-state index in [1.54, 1.807) is 12.3 Å². The van der Waals surface area contributed by atoms with Crippen LogP contribution in [0.15, 0.2) is 53.5 Å². The van der Waals surface area contributed by atoms with Gasteiger partial charge < -0.3 is 0 Å². The van der Waals surface area contributed by atoms with Crippen molar-refractivity contribution in [1.82, 2.24) is 24.1 Å². The molecule has 0 aliphatic carbocycles. The van der Waals surface area contributed by atoms with E-state index in [0.29, 0.717) is 17.0 Å². The molecule has 0 amide bonds. The van der Waals surface area contributed by atoms with Crippen LogP contribution in [-0.2, 0) is 6.42 Å². The third kappa shape index (κ3) is 2.03. The molecule has 0 radical (unpaired) electrons. The molecule has 1 aromatic carbocycles. The lowest BCUT2D eigenvalue weighted by atomic mass is 10.2. The Morgan fingerprint density at radius 3 is 2.65 bits per heavy atom. The summed E-state index contributed by atoms with van der Waals surface area (Å²) in [6.45, 7) is 2.10. The van der Waals surface area contributed by atoms with Crippen molar-refractivity contribution in [2.24, 2.45) is 0 Å². The Morgan fingerprint density at radius 1 is 1.04 bits per heavy atom. The summed E-state index contributed by atoms with van der Waals surface area (Å²) >= 11 is 0. The molecule has 0 spiro atoms. The van der Waals surface area contributed by atoms with Crippen molar-refractivity contribution in [2.45, 2.75) is 19.8 Å². The van der Waals surface area contributed by atoms with Crippen LogP contribution < -0.4 is 5.56 Å². The highest BCUT2D eigenvalue weighted by Crippen LogP contribution is 2.17. The number of benzene rings is 1. The molecule has 0 aliphatic rings. The number of hydrogen-bond donors (Lipinski definition) is 0. The van der Waals surface area contributed by atoms with Gasteiger partial charge in [0.05, 0.1) is 10.9 Å². The molecule has 3 aromatic heterocycles. The van der Waals surface area contributed by atoms with E-state index in [0.717, 1.165) is 24.2 Å². The normalized spacial score (nSPS) is 11.3. The van der Waals surface area contributed by atoms with E-state index in [-0.39, 0.29) is 5.56 Å². The van der Waals surface area contributed by atoms with Crippen molar-refractivity contribution in [3.63, 3.8) is 0 Å². The molecule has 6 nitrogen and oxygen atoms in total. The summed E-state index contributed by atoms with van der Waals surface area (Å²) < 4.78 is 3.48. The number of nitrogens with zero attached hydrogens (tertiary/aromatic N) is 5. The van der Waals surface area contributed by atoms with E-state index in [1.165, 1.54) is 4.57 Å². The molecule has 4 aromatic rings. The van der Waals surface area contributed by atoms with Crippen LogP contribution in [0.25, 0.3) is 22.5 Å². The molecule has 23 heavy (non-hydrogen) atoms. The average Bonchev–Trinajstić information content (AvgIpc) is 3.00. The number of aryl methyl sites for hydroxylation is 1. The largest absolute Gasteiger partial charge is 0.268 e. The van der Waals surface area contributed by atoms with Gasteiger partial charge >= 0.3 is 0 Å². The predicted octanol–water partition coefficient (Wildman–Crippen LogP) is 2.38. The van der Waals surface area contributed by atoms with E-state index in [2.05, 4.69) is 22.1 Å². The quantitative estimate of drug-likeness (QED) is 0.583. The van der Waals surface area contributed by atoms with Gasteiger partial charge in [0.2, 0.25) is 5.78 Å². The molecule has 6 heteroatoms. The fraction of sp³-hybridized carbons (Fsp3) is 0.176. The van der Waals surface area contributed by atoms with Gasteiger partial charge in [0.15, 0.2) is 0 Å². The van der Waals surface area contributed by atoms with Gasteiger partial charge in [-0.25, -0.2) is 9.55 Å². The van der Waals surface area contributed by atoms with Crippen molar-refractivity contribution >= 4 is 16.7 Å². The molecule has 4 rings (SSSR count). The van der Waals surface area contributed by atoms with Crippen LogP contribution in [0, 0.1) is 0 Å². The maximum absolute atomic E-state index is 13.0. The fourth-order valence-corrected chi connectivity index (χ4v) is 2.84. The molecule has 0 aliphatic heterocycles. The number of hydrogen-bond acceptors (Lipinski definition) is 4. The number of para-hydroxylation sites is 1. The third-order valence-corrected chi connectivity index (χ3v) is 3.84. The third-order valence-electron chi connectivity index (χ3n) is 3.84. The Labute approximate surface area is 132 Å². The second-order valence-electron chi connectivity index (χ2n) is 5.35. The molecule has 0 atom stereocenters. The monoisotopic (exact) mass is 305 g/mol. The maximum atomic E-state index is 13.0. The lowest BCUT2D eigenvalue weighted by Gasteiger charge is -2.10. The zero-order valence-corrected chi connectivity index (χ0v) is 12.7. The number of aromatic nitrogens is 5. The molecule has 0 saturated carbocycles. The van der Waals surface area contributed by atoms with Gasteiger partial charge in [-0.3, -0.25) is 9.20 Å². The highest BCUT2D eigenvalue weighted by atomic mass is 16.1. The summed E-state index contributed by atoms with van der Waals surface area (Å²) in [6, 6.07) is 13.0. The molecular weight excluding hydrogens is 290 g/mol. The summed E-state index contributed by atoms with van der Waals surface area (Å²) in [5.74, 6) is 1.89. The molecule has 0 saturated heterocycles. The Bertz CT molecular complexity index is 1050. The molecule has 0 fully saturated rings. The maximum Gasteiger partial charge on any atom is 0.268 e. The Balaban J connectivity index is 2.21. The van der Waals surface area contributed by atoms with Crippen LogP contribution >= 0.6 is 0 Å². The van der Waals surface area contributed by atoms with E-state index >= 15 is 0 Å². The average molecular weight is 305 g/mol. The predicted molar refractivity (Wildman–Crippen MR) is 87.9 cm³/mol. The van der Waals surface area contributed by atoms with Crippen LogP contribution in [0.1, 0.15) is 19.2 Å². The first-order chi connectivity index (χ1) is 11.3. The zero-order valence-electron chi connectivity index (χ0n) is 12.7. The topological polar surface area (TPSA) is 65.1 Å². The highest BCUT2D eigenvalue weighted by Gasteiger charge is 2.17. The van der Waals surface area contributed by atoms with Gasteiger partial charge in [0.25, 0.3) is 5.56 Å². The van der Waals surface area contributed by atoms with Crippen LogP contribution in [0.5, 0.6) is 0 Å². The van der Waals surface area contributed by atoms with Gasteiger partial charge in [-0.05, 0) is 30.7 Å². The Hall–Kier alpha value is -3.02. The van der Waals surface area contributed by atoms with Gasteiger partial charge in [-0.2, -0.15) is 0 Å². The summed E-state index contributed by atoms with van der Waals surface area (Å²) in [5, 5.41) is 9.18. The smallest absolute Gasteiger partial charge is 0.268 e. The van der Waals surface area contributed by atoms with Crippen molar-refractivity contribution in [1.29, 1.82) is 0 Å². The molecular formula is C17H15N5O. The first-order valence-corrected chi connectivity index (χ1v) is 7.60. The second-order valence-corrected chi connectivity index (χ2v) is 5.35. The van der Waals surface area contributed by atoms with Crippen molar-refractivity contribution in [2.75, 3.05) is 0 Å².